The second kappa shape index (κ2) is 9.41. The highest BCUT2D eigenvalue weighted by molar-refractivity contribution is 6.17. The Kier molecular flexibility index (Phi) is 7.90. The summed E-state index contributed by atoms with van der Waals surface area (Å²) in [6, 6.07) is 7.64. The van der Waals surface area contributed by atoms with Crippen LogP contribution in [-0.4, -0.2) is 18.5 Å². The molecule has 0 unspecified atom stereocenters. The molecule has 0 heterocycles. The number of carbonyl (C=O) groups is 1. The van der Waals surface area contributed by atoms with E-state index in [4.69, 9.17) is 21.1 Å². The molecule has 0 radical (unpaired) electrons. The molecular formula is C19H25ClO3. The van der Waals surface area contributed by atoms with Crippen LogP contribution in [0.1, 0.15) is 39.7 Å². The first kappa shape index (κ1) is 19.3. The van der Waals surface area contributed by atoms with Gasteiger partial charge in [0.05, 0.1) is 12.0 Å². The first-order chi connectivity index (χ1) is 10.9. The molecule has 0 aromatic heterocycles. The van der Waals surface area contributed by atoms with Gasteiger partial charge in [0.25, 0.3) is 0 Å². The van der Waals surface area contributed by atoms with Crippen LogP contribution in [0.5, 0.6) is 5.75 Å². The largest absolute Gasteiger partial charge is 0.493 e. The van der Waals surface area contributed by atoms with Gasteiger partial charge in [0.1, 0.15) is 11.5 Å². The van der Waals surface area contributed by atoms with Crippen LogP contribution in [0.2, 0.25) is 0 Å². The first-order valence-corrected chi connectivity index (χ1v) is 8.30. The number of allylic oxidation sites excluding steroid dienone is 2. The monoisotopic (exact) mass is 336 g/mol. The molecule has 3 nitrogen and oxygen atoms in total. The molecule has 0 bridgehead atoms. The van der Waals surface area contributed by atoms with Crippen LogP contribution in [0.15, 0.2) is 42.2 Å². The fraction of sp³-hybridized carbons (Fsp3) is 0.421. The number of ether oxygens (including phenoxy) is 2. The highest BCUT2D eigenvalue weighted by atomic mass is 35.5. The zero-order chi connectivity index (χ0) is 17.3. The van der Waals surface area contributed by atoms with E-state index >= 15 is 0 Å². The second-order valence-electron chi connectivity index (χ2n) is 6.04. The number of hydrogen-bond acceptors (Lipinski definition) is 3. The Morgan fingerprint density at radius 1 is 1.26 bits per heavy atom. The van der Waals surface area contributed by atoms with Gasteiger partial charge >= 0.3 is 5.97 Å². The summed E-state index contributed by atoms with van der Waals surface area (Å²) in [5, 5.41) is 0. The minimum absolute atomic E-state index is 0.284. The molecule has 0 saturated heterocycles. The van der Waals surface area contributed by atoms with Crippen molar-refractivity contribution in [2.75, 3.05) is 12.5 Å². The summed E-state index contributed by atoms with van der Waals surface area (Å²) in [6.07, 6.45) is 6.17. The predicted octanol–water partition coefficient (Wildman–Crippen LogP) is 5.20. The maximum atomic E-state index is 12.2. The average molecular weight is 337 g/mol. The number of para-hydroxylation sites is 1. The Morgan fingerprint density at radius 3 is 2.57 bits per heavy atom. The van der Waals surface area contributed by atoms with E-state index in [1.807, 2.05) is 58.0 Å². The smallest absolute Gasteiger partial charge is 0.316 e. The van der Waals surface area contributed by atoms with Crippen LogP contribution in [0.25, 0.3) is 6.08 Å². The lowest BCUT2D eigenvalue weighted by atomic mass is 9.97. The molecule has 1 aromatic carbocycles. The molecule has 0 spiro atoms. The quantitative estimate of drug-likeness (QED) is 0.297. The Balaban J connectivity index is 3.10. The van der Waals surface area contributed by atoms with Gasteiger partial charge in [0.15, 0.2) is 0 Å². The number of hydrogen-bond donors (Lipinski definition) is 0. The molecule has 23 heavy (non-hydrogen) atoms. The molecule has 0 amide bonds. The molecule has 1 rings (SSSR count). The molecule has 0 aliphatic carbocycles. The van der Waals surface area contributed by atoms with E-state index in [1.165, 1.54) is 0 Å². The van der Waals surface area contributed by atoms with Gasteiger partial charge < -0.3 is 9.47 Å². The molecule has 4 heteroatoms. The molecule has 0 fully saturated rings. The first-order valence-electron chi connectivity index (χ1n) is 7.76. The van der Waals surface area contributed by atoms with Crippen LogP contribution in [-0.2, 0) is 9.53 Å². The topological polar surface area (TPSA) is 35.5 Å². The molecule has 0 N–H and O–H groups in total. The number of halogens is 1. The van der Waals surface area contributed by atoms with E-state index in [0.717, 1.165) is 11.3 Å². The summed E-state index contributed by atoms with van der Waals surface area (Å²) in [6.45, 7) is 7.97. The Morgan fingerprint density at radius 2 is 1.96 bits per heavy atom. The molecule has 0 saturated carbocycles. The van der Waals surface area contributed by atoms with Crippen molar-refractivity contribution in [3.05, 3.63) is 47.7 Å². The van der Waals surface area contributed by atoms with Crippen molar-refractivity contribution in [3.8, 4) is 5.75 Å². The van der Waals surface area contributed by atoms with Crippen LogP contribution >= 0.6 is 11.6 Å². The summed E-state index contributed by atoms with van der Waals surface area (Å²) in [5.74, 6) is 1.47. The van der Waals surface area contributed by atoms with Crippen molar-refractivity contribution >= 4 is 23.6 Å². The summed E-state index contributed by atoms with van der Waals surface area (Å²) in [4.78, 5) is 12.2. The number of rotatable bonds is 7. The standard InChI is InChI=1S/C19H25ClO3/c1-5-22-17-12-7-6-10-15(17)14-16(11-8-9-13-20)23-18(21)19(2,3)4/h6-8,10-12,14H,5,9,13H2,1-4H3/b11-8+,16-14-. The second-order valence-corrected chi connectivity index (χ2v) is 6.42. The lowest BCUT2D eigenvalue weighted by Gasteiger charge is -2.17. The Bertz CT molecular complexity index is 568. The van der Waals surface area contributed by atoms with E-state index in [1.54, 1.807) is 12.2 Å². The summed E-state index contributed by atoms with van der Waals surface area (Å²) >= 11 is 5.69. The van der Waals surface area contributed by atoms with Crippen LogP contribution in [0.4, 0.5) is 0 Å². The van der Waals surface area contributed by atoms with Gasteiger partial charge in [-0.1, -0.05) is 24.3 Å². The zero-order valence-electron chi connectivity index (χ0n) is 14.3. The maximum absolute atomic E-state index is 12.2. The molecule has 0 atom stereocenters. The zero-order valence-corrected chi connectivity index (χ0v) is 15.0. The minimum Gasteiger partial charge on any atom is -0.493 e. The molecule has 0 aliphatic rings. The fourth-order valence-electron chi connectivity index (χ4n) is 1.67. The highest BCUT2D eigenvalue weighted by Crippen LogP contribution is 2.24. The third-order valence-electron chi connectivity index (χ3n) is 2.90. The van der Waals surface area contributed by atoms with E-state index in [9.17, 15) is 4.79 Å². The van der Waals surface area contributed by atoms with Crippen LogP contribution in [0.3, 0.4) is 0 Å². The van der Waals surface area contributed by atoms with E-state index in [2.05, 4.69) is 0 Å². The molecule has 1 aromatic rings. The maximum Gasteiger partial charge on any atom is 0.316 e. The van der Waals surface area contributed by atoms with Gasteiger partial charge in [-0.2, -0.15) is 0 Å². The van der Waals surface area contributed by atoms with E-state index < -0.39 is 5.41 Å². The van der Waals surface area contributed by atoms with Crippen LogP contribution < -0.4 is 4.74 Å². The van der Waals surface area contributed by atoms with E-state index in [0.29, 0.717) is 24.7 Å². The predicted molar refractivity (Wildman–Crippen MR) is 95.6 cm³/mol. The van der Waals surface area contributed by atoms with Gasteiger partial charge in [-0.15, -0.1) is 11.6 Å². The van der Waals surface area contributed by atoms with Crippen LogP contribution in [0, 0.1) is 5.41 Å². The van der Waals surface area contributed by atoms with Crippen molar-refractivity contribution < 1.29 is 14.3 Å². The Labute approximate surface area is 143 Å². The van der Waals surface area contributed by atoms with Gasteiger partial charge in [0, 0.05) is 11.4 Å². The third-order valence-corrected chi connectivity index (χ3v) is 3.12. The summed E-state index contributed by atoms with van der Waals surface area (Å²) in [5.41, 5.74) is 0.292. The van der Waals surface area contributed by atoms with Gasteiger partial charge in [-0.3, -0.25) is 4.79 Å². The number of carbonyl (C=O) groups excluding carboxylic acids is 1. The van der Waals surface area contributed by atoms with Gasteiger partial charge in [0.2, 0.25) is 0 Å². The molecule has 126 valence electrons. The lowest BCUT2D eigenvalue weighted by Crippen LogP contribution is -2.22. The molecular weight excluding hydrogens is 312 g/mol. The van der Waals surface area contributed by atoms with Crippen molar-refractivity contribution in [1.82, 2.24) is 0 Å². The summed E-state index contributed by atoms with van der Waals surface area (Å²) in [7, 11) is 0. The molecule has 0 aliphatic heterocycles. The van der Waals surface area contributed by atoms with Crippen molar-refractivity contribution in [1.29, 1.82) is 0 Å². The third kappa shape index (κ3) is 6.91. The summed E-state index contributed by atoms with van der Waals surface area (Å²) < 4.78 is 11.1. The SMILES string of the molecule is CCOc1ccccc1/C=C(/C=C/CCCl)OC(=O)C(C)(C)C. The average Bonchev–Trinajstić information content (AvgIpc) is 2.48. The Hall–Kier alpha value is -1.74. The number of alkyl halides is 1. The normalized spacial score (nSPS) is 12.5. The lowest BCUT2D eigenvalue weighted by molar-refractivity contribution is -0.147. The van der Waals surface area contributed by atoms with Crippen molar-refractivity contribution in [2.24, 2.45) is 5.41 Å². The number of esters is 1. The fourth-order valence-corrected chi connectivity index (χ4v) is 1.80. The van der Waals surface area contributed by atoms with Crippen molar-refractivity contribution in [3.63, 3.8) is 0 Å². The van der Waals surface area contributed by atoms with Gasteiger partial charge in [-0.25, -0.2) is 0 Å². The number of benzene rings is 1. The minimum atomic E-state index is -0.571. The van der Waals surface area contributed by atoms with E-state index in [-0.39, 0.29) is 5.97 Å². The highest BCUT2D eigenvalue weighted by Gasteiger charge is 2.24. The van der Waals surface area contributed by atoms with Gasteiger partial charge in [-0.05, 0) is 52.3 Å². The van der Waals surface area contributed by atoms with Crippen molar-refractivity contribution in [2.45, 2.75) is 34.1 Å².